The van der Waals surface area contributed by atoms with Crippen molar-refractivity contribution < 1.29 is 19.0 Å². The van der Waals surface area contributed by atoms with Gasteiger partial charge in [-0.15, -0.1) is 0 Å². The van der Waals surface area contributed by atoms with Gasteiger partial charge in [0.25, 0.3) is 5.91 Å². The number of methoxy groups -OCH3 is 3. The number of hydrogen-bond donors (Lipinski definition) is 1. The molecule has 0 aliphatic carbocycles. The van der Waals surface area contributed by atoms with Gasteiger partial charge < -0.3 is 14.2 Å². The molecule has 0 aliphatic heterocycles. The van der Waals surface area contributed by atoms with Crippen molar-refractivity contribution in [3.05, 3.63) is 49.5 Å². The summed E-state index contributed by atoms with van der Waals surface area (Å²) in [6.07, 6.45) is 1.53. The predicted molar refractivity (Wildman–Crippen MR) is 108 cm³/mol. The minimum Gasteiger partial charge on any atom is -0.496 e. The number of hydrazone groups is 1. The quantitative estimate of drug-likeness (QED) is 0.358. The fraction of sp³-hybridized carbons (Fsp3) is 0.176. The molecule has 0 saturated heterocycles. The highest BCUT2D eigenvalue weighted by Crippen LogP contribution is 2.33. The van der Waals surface area contributed by atoms with Crippen molar-refractivity contribution in [3.8, 4) is 17.2 Å². The molecule has 6 nitrogen and oxygen atoms in total. The number of amides is 1. The lowest BCUT2D eigenvalue weighted by Gasteiger charge is -2.10. The van der Waals surface area contributed by atoms with Crippen molar-refractivity contribution in [1.82, 2.24) is 5.43 Å². The van der Waals surface area contributed by atoms with E-state index in [2.05, 4.69) is 49.0 Å². The van der Waals surface area contributed by atoms with Crippen LogP contribution in [-0.2, 0) is 0 Å². The normalized spacial score (nSPS) is 10.6. The highest BCUT2D eigenvalue weighted by molar-refractivity contribution is 14.1. The minimum absolute atomic E-state index is 0.371. The summed E-state index contributed by atoms with van der Waals surface area (Å²) < 4.78 is 17.4. The van der Waals surface area contributed by atoms with Crippen LogP contribution in [0.5, 0.6) is 17.2 Å². The molecule has 0 saturated carbocycles. The molecule has 132 valence electrons. The van der Waals surface area contributed by atoms with Gasteiger partial charge in [-0.05, 0) is 58.5 Å². The van der Waals surface area contributed by atoms with Crippen molar-refractivity contribution >= 4 is 50.6 Å². The number of nitrogens with zero attached hydrogens (tertiary/aromatic N) is 1. The first kappa shape index (κ1) is 19.5. The summed E-state index contributed by atoms with van der Waals surface area (Å²) in [5, 5.41) is 4.00. The van der Waals surface area contributed by atoms with Gasteiger partial charge in [-0.25, -0.2) is 5.43 Å². The zero-order chi connectivity index (χ0) is 18.4. The van der Waals surface area contributed by atoms with Crippen molar-refractivity contribution in [3.63, 3.8) is 0 Å². The molecule has 0 aliphatic rings. The second kappa shape index (κ2) is 9.04. The van der Waals surface area contributed by atoms with E-state index in [-0.39, 0.29) is 5.91 Å². The number of nitrogens with one attached hydrogen (secondary N) is 1. The molecule has 0 fully saturated rings. The highest BCUT2D eigenvalue weighted by Gasteiger charge is 2.12. The summed E-state index contributed by atoms with van der Waals surface area (Å²) in [7, 11) is 4.66. The van der Waals surface area contributed by atoms with Crippen LogP contribution in [0, 0.1) is 3.57 Å². The van der Waals surface area contributed by atoms with Crippen molar-refractivity contribution in [2.24, 2.45) is 5.10 Å². The second-order valence-electron chi connectivity index (χ2n) is 4.78. The van der Waals surface area contributed by atoms with E-state index in [1.54, 1.807) is 38.5 Å². The van der Waals surface area contributed by atoms with Crippen LogP contribution in [0.15, 0.2) is 39.9 Å². The summed E-state index contributed by atoms with van der Waals surface area (Å²) in [6, 6.07) is 8.82. The molecule has 0 heterocycles. The Kier molecular flexibility index (Phi) is 7.06. The first-order valence-corrected chi connectivity index (χ1v) is 8.95. The van der Waals surface area contributed by atoms with E-state index < -0.39 is 0 Å². The lowest BCUT2D eigenvalue weighted by molar-refractivity contribution is 0.0952. The Balaban J connectivity index is 2.17. The number of halogens is 2. The van der Waals surface area contributed by atoms with Gasteiger partial charge in [0.05, 0.1) is 36.7 Å². The average Bonchev–Trinajstić information content (AvgIpc) is 2.61. The monoisotopic (exact) mass is 518 g/mol. The molecule has 0 radical (unpaired) electrons. The largest absolute Gasteiger partial charge is 0.496 e. The van der Waals surface area contributed by atoms with Crippen molar-refractivity contribution in [1.29, 1.82) is 0 Å². The van der Waals surface area contributed by atoms with Crippen molar-refractivity contribution in [2.75, 3.05) is 21.3 Å². The molecule has 8 heteroatoms. The van der Waals surface area contributed by atoms with Crippen LogP contribution in [0.25, 0.3) is 0 Å². The fourth-order valence-corrected chi connectivity index (χ4v) is 3.30. The molecule has 2 rings (SSSR count). The van der Waals surface area contributed by atoms with Crippen LogP contribution in [0.1, 0.15) is 15.9 Å². The second-order valence-corrected chi connectivity index (χ2v) is 6.86. The highest BCUT2D eigenvalue weighted by atomic mass is 127. The summed E-state index contributed by atoms with van der Waals surface area (Å²) in [4.78, 5) is 12.3. The molecule has 2 aromatic carbocycles. The zero-order valence-electron chi connectivity index (χ0n) is 13.8. The molecule has 0 atom stereocenters. The Hall–Kier alpha value is -1.81. The van der Waals surface area contributed by atoms with Gasteiger partial charge in [-0.3, -0.25) is 4.79 Å². The van der Waals surface area contributed by atoms with E-state index in [1.165, 1.54) is 13.3 Å². The lowest BCUT2D eigenvalue weighted by Crippen LogP contribution is -2.18. The lowest BCUT2D eigenvalue weighted by atomic mass is 10.2. The van der Waals surface area contributed by atoms with Gasteiger partial charge in [0.1, 0.15) is 5.75 Å². The van der Waals surface area contributed by atoms with Crippen LogP contribution in [0.3, 0.4) is 0 Å². The van der Waals surface area contributed by atoms with Crippen molar-refractivity contribution in [2.45, 2.75) is 0 Å². The molecule has 1 amide bonds. The maximum absolute atomic E-state index is 12.3. The van der Waals surface area contributed by atoms with Gasteiger partial charge in [-0.2, -0.15) is 5.10 Å². The first-order chi connectivity index (χ1) is 12.0. The summed E-state index contributed by atoms with van der Waals surface area (Å²) >= 11 is 5.48. The van der Waals surface area contributed by atoms with Gasteiger partial charge in [-0.1, -0.05) is 15.9 Å². The van der Waals surface area contributed by atoms with Gasteiger partial charge in [0.2, 0.25) is 0 Å². The van der Waals surface area contributed by atoms with Crippen LogP contribution in [0.2, 0.25) is 0 Å². The number of ether oxygens (including phenoxy) is 3. The minimum atomic E-state index is -0.371. The first-order valence-electron chi connectivity index (χ1n) is 7.08. The standard InChI is InChI=1S/C17H16BrIN2O4/c1-23-14-5-4-11(18)8-12(14)17(22)21-20-9-10-6-13(19)16(25-3)15(7-10)24-2/h4-9H,1-3H3,(H,21,22)/b20-9-. The number of benzene rings is 2. The number of rotatable bonds is 6. The van der Waals surface area contributed by atoms with Gasteiger partial charge in [0.15, 0.2) is 11.5 Å². The van der Waals surface area contributed by atoms with Crippen LogP contribution < -0.4 is 19.6 Å². The number of hydrogen-bond acceptors (Lipinski definition) is 5. The van der Waals surface area contributed by atoms with Gasteiger partial charge in [0, 0.05) is 4.47 Å². The number of carbonyl (C=O) groups is 1. The van der Waals surface area contributed by atoms with E-state index in [4.69, 9.17) is 14.2 Å². The topological polar surface area (TPSA) is 69.2 Å². The van der Waals surface area contributed by atoms with Crippen LogP contribution in [-0.4, -0.2) is 33.5 Å². The molecule has 2 aromatic rings. The zero-order valence-corrected chi connectivity index (χ0v) is 17.5. The molecule has 0 unspecified atom stereocenters. The fourth-order valence-electron chi connectivity index (χ4n) is 2.10. The molecule has 0 spiro atoms. The molecule has 25 heavy (non-hydrogen) atoms. The molecular weight excluding hydrogens is 503 g/mol. The van der Waals surface area contributed by atoms with Gasteiger partial charge >= 0.3 is 0 Å². The molecule has 0 bridgehead atoms. The Morgan fingerprint density at radius 2 is 1.84 bits per heavy atom. The van der Waals surface area contributed by atoms with E-state index in [1.807, 2.05) is 6.07 Å². The third-order valence-corrected chi connectivity index (χ3v) is 4.54. The van der Waals surface area contributed by atoms with E-state index in [0.717, 1.165) is 13.6 Å². The SMILES string of the molecule is COc1ccc(Br)cc1C(=O)N/N=C\c1cc(I)c(OC)c(OC)c1. The molecule has 0 aromatic heterocycles. The Bertz CT molecular complexity index is 811. The molecule has 1 N–H and O–H groups in total. The third-order valence-electron chi connectivity index (χ3n) is 3.24. The summed E-state index contributed by atoms with van der Waals surface area (Å²) in [6.45, 7) is 0. The van der Waals surface area contributed by atoms with E-state index in [9.17, 15) is 4.79 Å². The van der Waals surface area contributed by atoms with E-state index in [0.29, 0.717) is 22.8 Å². The average molecular weight is 519 g/mol. The Morgan fingerprint density at radius 1 is 1.12 bits per heavy atom. The third kappa shape index (κ3) is 4.85. The summed E-state index contributed by atoms with van der Waals surface area (Å²) in [5.41, 5.74) is 3.64. The smallest absolute Gasteiger partial charge is 0.275 e. The molecular formula is C17H16BrIN2O4. The maximum Gasteiger partial charge on any atom is 0.275 e. The Labute approximate surface area is 167 Å². The summed E-state index contributed by atoms with van der Waals surface area (Å²) in [5.74, 6) is 1.35. The number of carbonyl (C=O) groups excluding carboxylic acids is 1. The predicted octanol–water partition coefficient (Wildman–Crippen LogP) is 3.84. The van der Waals surface area contributed by atoms with Crippen LogP contribution in [0.4, 0.5) is 0 Å². The van der Waals surface area contributed by atoms with Crippen LogP contribution >= 0.6 is 38.5 Å². The van der Waals surface area contributed by atoms with E-state index >= 15 is 0 Å². The maximum atomic E-state index is 12.3. The Morgan fingerprint density at radius 3 is 2.48 bits per heavy atom.